The summed E-state index contributed by atoms with van der Waals surface area (Å²) in [5, 5.41) is 0. The van der Waals surface area contributed by atoms with E-state index in [1.807, 2.05) is 11.3 Å². The van der Waals surface area contributed by atoms with Crippen molar-refractivity contribution < 1.29 is 0 Å². The van der Waals surface area contributed by atoms with Crippen molar-refractivity contribution in [3.05, 3.63) is 20.3 Å². The number of rotatable bonds is 3. The maximum absolute atomic E-state index is 5.56. The van der Waals surface area contributed by atoms with E-state index in [-0.39, 0.29) is 0 Å². The highest BCUT2D eigenvalue weighted by atomic mass is 79.9. The molecule has 1 aliphatic rings. The molecule has 1 nitrogen and oxygen atoms in total. The minimum absolute atomic E-state index is 0.761. The van der Waals surface area contributed by atoms with Crippen molar-refractivity contribution >= 4 is 27.3 Å². The zero-order chi connectivity index (χ0) is 9.97. The Labute approximate surface area is 97.8 Å². The molecule has 2 N–H and O–H groups in total. The summed E-state index contributed by atoms with van der Waals surface area (Å²) < 4.78 is 1.32. The molecule has 1 aliphatic carbocycles. The summed E-state index contributed by atoms with van der Waals surface area (Å²) in [7, 11) is 0. The molecule has 0 unspecified atom stereocenters. The Balaban J connectivity index is 2.15. The highest BCUT2D eigenvalue weighted by Gasteiger charge is 2.21. The molecule has 1 saturated carbocycles. The van der Waals surface area contributed by atoms with Gasteiger partial charge in [-0.25, -0.2) is 0 Å². The van der Waals surface area contributed by atoms with Crippen molar-refractivity contribution in [1.29, 1.82) is 0 Å². The number of thiophene rings is 1. The predicted octanol–water partition coefficient (Wildman–Crippen LogP) is 3.67. The van der Waals surface area contributed by atoms with Crippen molar-refractivity contribution in [3.8, 4) is 0 Å². The molecule has 3 heteroatoms. The lowest BCUT2D eigenvalue weighted by molar-refractivity contribution is 0.735. The van der Waals surface area contributed by atoms with Gasteiger partial charge in [0.25, 0.3) is 0 Å². The van der Waals surface area contributed by atoms with Crippen LogP contribution in [0.4, 0.5) is 0 Å². The van der Waals surface area contributed by atoms with Crippen LogP contribution in [-0.2, 0) is 6.42 Å². The molecule has 1 aromatic rings. The third kappa shape index (κ3) is 2.20. The van der Waals surface area contributed by atoms with Gasteiger partial charge in [0.2, 0.25) is 0 Å². The van der Waals surface area contributed by atoms with Crippen LogP contribution in [0.1, 0.15) is 41.4 Å². The minimum atomic E-state index is 0.761. The van der Waals surface area contributed by atoms with Crippen LogP contribution >= 0.6 is 27.3 Å². The lowest BCUT2D eigenvalue weighted by atomic mass is 10.1. The summed E-state index contributed by atoms with van der Waals surface area (Å²) >= 11 is 5.62. The van der Waals surface area contributed by atoms with Crippen molar-refractivity contribution in [2.75, 3.05) is 6.54 Å². The summed E-state index contributed by atoms with van der Waals surface area (Å²) in [5.74, 6) is 0.820. The van der Waals surface area contributed by atoms with Gasteiger partial charge in [0, 0.05) is 14.2 Å². The fourth-order valence-electron chi connectivity index (χ4n) is 2.16. The van der Waals surface area contributed by atoms with Gasteiger partial charge in [-0.3, -0.25) is 0 Å². The van der Waals surface area contributed by atoms with Gasteiger partial charge in [0.05, 0.1) is 0 Å². The van der Waals surface area contributed by atoms with Crippen LogP contribution in [-0.4, -0.2) is 6.54 Å². The van der Waals surface area contributed by atoms with E-state index < -0.39 is 0 Å². The molecule has 0 spiro atoms. The first-order chi connectivity index (χ1) is 6.81. The first-order valence-corrected chi connectivity index (χ1v) is 6.90. The average molecular weight is 274 g/mol. The summed E-state index contributed by atoms with van der Waals surface area (Å²) in [6.45, 7) is 0.761. The Hall–Kier alpha value is 0.140. The summed E-state index contributed by atoms with van der Waals surface area (Å²) in [5.41, 5.74) is 5.56. The second-order valence-corrected chi connectivity index (χ2v) is 5.97. The number of nitrogens with two attached hydrogens (primary N) is 1. The zero-order valence-electron chi connectivity index (χ0n) is 8.26. The van der Waals surface area contributed by atoms with Crippen LogP contribution in [0, 0.1) is 0 Å². The molecule has 2 rings (SSSR count). The van der Waals surface area contributed by atoms with Gasteiger partial charge in [-0.15, -0.1) is 11.3 Å². The third-order valence-electron chi connectivity index (χ3n) is 2.88. The SMILES string of the molecule is NCCc1cc(Br)c(C2CCCC2)s1. The van der Waals surface area contributed by atoms with E-state index in [4.69, 9.17) is 5.73 Å². The molecule has 0 atom stereocenters. The van der Waals surface area contributed by atoms with Crippen LogP contribution in [0.25, 0.3) is 0 Å². The molecule has 0 radical (unpaired) electrons. The number of hydrogen-bond donors (Lipinski definition) is 1. The molecule has 78 valence electrons. The van der Waals surface area contributed by atoms with Crippen molar-refractivity contribution in [2.24, 2.45) is 5.73 Å². The van der Waals surface area contributed by atoms with Crippen LogP contribution in [0.2, 0.25) is 0 Å². The monoisotopic (exact) mass is 273 g/mol. The quantitative estimate of drug-likeness (QED) is 0.894. The molecule has 0 bridgehead atoms. The van der Waals surface area contributed by atoms with Crippen LogP contribution < -0.4 is 5.73 Å². The van der Waals surface area contributed by atoms with Crippen LogP contribution in [0.15, 0.2) is 10.5 Å². The van der Waals surface area contributed by atoms with Gasteiger partial charge in [0.1, 0.15) is 0 Å². The average Bonchev–Trinajstić information content (AvgIpc) is 2.74. The normalized spacial score (nSPS) is 17.9. The van der Waals surface area contributed by atoms with E-state index in [1.54, 1.807) is 4.88 Å². The fourth-order valence-corrected chi connectivity index (χ4v) is 4.40. The molecule has 0 amide bonds. The molecular weight excluding hydrogens is 258 g/mol. The summed E-state index contributed by atoms with van der Waals surface area (Å²) in [6, 6.07) is 2.26. The topological polar surface area (TPSA) is 26.0 Å². The molecule has 1 heterocycles. The van der Waals surface area contributed by atoms with Gasteiger partial charge in [0.15, 0.2) is 0 Å². The van der Waals surface area contributed by atoms with Gasteiger partial charge in [-0.05, 0) is 53.7 Å². The van der Waals surface area contributed by atoms with Crippen molar-refractivity contribution in [2.45, 2.75) is 38.0 Å². The standard InChI is InChI=1S/C11H16BrNS/c12-10-7-9(5-6-13)14-11(10)8-3-1-2-4-8/h7-8H,1-6,13H2. The summed E-state index contributed by atoms with van der Waals surface area (Å²) in [6.07, 6.45) is 6.58. The van der Waals surface area contributed by atoms with E-state index in [1.165, 1.54) is 35.0 Å². The lowest BCUT2D eigenvalue weighted by Gasteiger charge is -2.05. The molecule has 0 saturated heterocycles. The fraction of sp³-hybridized carbons (Fsp3) is 0.636. The zero-order valence-corrected chi connectivity index (χ0v) is 10.7. The molecule has 0 aromatic carbocycles. The minimum Gasteiger partial charge on any atom is -0.330 e. The van der Waals surface area contributed by atoms with Crippen LogP contribution in [0.3, 0.4) is 0 Å². The Morgan fingerprint density at radius 1 is 1.43 bits per heavy atom. The first-order valence-electron chi connectivity index (χ1n) is 5.29. The smallest absolute Gasteiger partial charge is 0.0320 e. The van der Waals surface area contributed by atoms with Crippen molar-refractivity contribution in [3.63, 3.8) is 0 Å². The second-order valence-electron chi connectivity index (χ2n) is 3.94. The first kappa shape index (κ1) is 10.7. The van der Waals surface area contributed by atoms with E-state index >= 15 is 0 Å². The molecule has 1 aromatic heterocycles. The van der Waals surface area contributed by atoms with Gasteiger partial charge < -0.3 is 5.73 Å². The largest absolute Gasteiger partial charge is 0.330 e. The Kier molecular flexibility index (Phi) is 3.63. The maximum Gasteiger partial charge on any atom is 0.0320 e. The summed E-state index contributed by atoms with van der Waals surface area (Å²) in [4.78, 5) is 2.99. The third-order valence-corrected chi connectivity index (χ3v) is 5.16. The molecule has 0 aliphatic heterocycles. The highest BCUT2D eigenvalue weighted by Crippen LogP contribution is 2.42. The van der Waals surface area contributed by atoms with Gasteiger partial charge in [-0.2, -0.15) is 0 Å². The number of halogens is 1. The van der Waals surface area contributed by atoms with Crippen LogP contribution in [0.5, 0.6) is 0 Å². The van der Waals surface area contributed by atoms with Gasteiger partial charge >= 0.3 is 0 Å². The number of hydrogen-bond acceptors (Lipinski definition) is 2. The van der Waals surface area contributed by atoms with E-state index in [0.29, 0.717) is 0 Å². The predicted molar refractivity (Wildman–Crippen MR) is 66.0 cm³/mol. The molecule has 14 heavy (non-hydrogen) atoms. The molecule has 1 fully saturated rings. The second kappa shape index (κ2) is 4.77. The van der Waals surface area contributed by atoms with Gasteiger partial charge in [-0.1, -0.05) is 12.8 Å². The Bertz CT molecular complexity index is 302. The Morgan fingerprint density at radius 3 is 2.79 bits per heavy atom. The lowest BCUT2D eigenvalue weighted by Crippen LogP contribution is -2.00. The maximum atomic E-state index is 5.56. The highest BCUT2D eigenvalue weighted by molar-refractivity contribution is 9.10. The van der Waals surface area contributed by atoms with E-state index in [0.717, 1.165) is 18.9 Å². The van der Waals surface area contributed by atoms with E-state index in [9.17, 15) is 0 Å². The Morgan fingerprint density at radius 2 is 2.14 bits per heavy atom. The van der Waals surface area contributed by atoms with Crippen molar-refractivity contribution in [1.82, 2.24) is 0 Å². The molecular formula is C11H16BrNS. The van der Waals surface area contributed by atoms with E-state index in [2.05, 4.69) is 22.0 Å².